The third-order valence-corrected chi connectivity index (χ3v) is 5.85. The van der Waals surface area contributed by atoms with Crippen LogP contribution in [0.25, 0.3) is 22.6 Å². The molecule has 3 aromatic rings. The molecule has 2 aromatic heterocycles. The fourth-order valence-electron chi connectivity index (χ4n) is 4.12. The molecular formula is C24H28ClFN6O2. The van der Waals surface area contributed by atoms with Crippen LogP contribution in [0.5, 0.6) is 0 Å². The van der Waals surface area contributed by atoms with Crippen LogP contribution in [0.4, 0.5) is 10.2 Å². The monoisotopic (exact) mass is 486 g/mol. The molecule has 34 heavy (non-hydrogen) atoms. The summed E-state index contributed by atoms with van der Waals surface area (Å²) in [4.78, 5) is 26.1. The van der Waals surface area contributed by atoms with Gasteiger partial charge in [-0.1, -0.05) is 24.5 Å². The first-order valence-corrected chi connectivity index (χ1v) is 11.2. The minimum absolute atomic E-state index is 0. The molecule has 0 aliphatic heterocycles. The number of hydrogen-bond donors (Lipinski definition) is 3. The molecule has 1 atom stereocenters. The van der Waals surface area contributed by atoms with Gasteiger partial charge in [0.25, 0.3) is 0 Å². The highest BCUT2D eigenvalue weighted by atomic mass is 35.5. The number of halogens is 2. The molecule has 0 radical (unpaired) electrons. The molecule has 0 spiro atoms. The van der Waals surface area contributed by atoms with E-state index < -0.39 is 17.5 Å². The molecule has 8 nitrogen and oxygen atoms in total. The van der Waals surface area contributed by atoms with Gasteiger partial charge in [-0.3, -0.25) is 9.36 Å². The lowest BCUT2D eigenvalue weighted by Gasteiger charge is -2.26. The molecule has 180 valence electrons. The minimum Gasteiger partial charge on any atom is -0.382 e. The number of imidazole rings is 1. The van der Waals surface area contributed by atoms with Crippen molar-refractivity contribution in [1.29, 1.82) is 0 Å². The number of anilines is 1. The molecule has 1 unspecified atom stereocenters. The highest BCUT2D eigenvalue weighted by Gasteiger charge is 2.27. The average molecular weight is 487 g/mol. The van der Waals surface area contributed by atoms with Crippen molar-refractivity contribution in [2.24, 2.45) is 0 Å². The topological polar surface area (TPSA) is 119 Å². The van der Waals surface area contributed by atoms with Gasteiger partial charge < -0.3 is 16.2 Å². The molecule has 0 saturated heterocycles. The predicted octanol–water partition coefficient (Wildman–Crippen LogP) is 3.38. The minimum atomic E-state index is -1.06. The molecule has 2 heterocycles. The average Bonchev–Trinajstić information content (AvgIpc) is 3.18. The number of benzene rings is 1. The summed E-state index contributed by atoms with van der Waals surface area (Å²) in [5.74, 6) is 5.68. The quantitative estimate of drug-likeness (QED) is 0.486. The van der Waals surface area contributed by atoms with Crippen molar-refractivity contribution in [1.82, 2.24) is 24.8 Å². The van der Waals surface area contributed by atoms with Gasteiger partial charge in [-0.15, -0.1) is 12.4 Å². The van der Waals surface area contributed by atoms with Gasteiger partial charge in [0.15, 0.2) is 17.0 Å². The Bertz CT molecular complexity index is 1260. The second-order valence-corrected chi connectivity index (χ2v) is 8.33. The summed E-state index contributed by atoms with van der Waals surface area (Å²) in [6.45, 7) is 3.99. The number of carbonyl (C=O) groups is 1. The normalized spacial score (nSPS) is 15.6. The van der Waals surface area contributed by atoms with E-state index in [4.69, 9.17) is 5.73 Å². The van der Waals surface area contributed by atoms with E-state index in [9.17, 15) is 14.3 Å². The van der Waals surface area contributed by atoms with E-state index in [0.29, 0.717) is 41.9 Å². The third-order valence-electron chi connectivity index (χ3n) is 5.85. The van der Waals surface area contributed by atoms with Crippen LogP contribution in [0, 0.1) is 17.7 Å². The number of carbonyl (C=O) groups excluding carboxylic acids is 1. The summed E-state index contributed by atoms with van der Waals surface area (Å²) >= 11 is 0. The fraction of sp³-hybridized carbons (Fsp3) is 0.417. The Balaban J connectivity index is 0.00000324. The first-order valence-electron chi connectivity index (χ1n) is 11.2. The zero-order valence-electron chi connectivity index (χ0n) is 19.1. The first kappa shape index (κ1) is 25.4. The predicted molar refractivity (Wildman–Crippen MR) is 131 cm³/mol. The summed E-state index contributed by atoms with van der Waals surface area (Å²) in [5.41, 5.74) is 6.23. The van der Waals surface area contributed by atoms with E-state index in [1.165, 1.54) is 12.1 Å². The van der Waals surface area contributed by atoms with Gasteiger partial charge in [0.05, 0.1) is 0 Å². The van der Waals surface area contributed by atoms with Gasteiger partial charge in [-0.25, -0.2) is 19.3 Å². The highest BCUT2D eigenvalue weighted by Crippen LogP contribution is 2.31. The van der Waals surface area contributed by atoms with E-state index in [1.54, 1.807) is 23.6 Å². The number of aromatic nitrogens is 4. The zero-order valence-corrected chi connectivity index (χ0v) is 20.0. The lowest BCUT2D eigenvalue weighted by atomic mass is 9.85. The Morgan fingerprint density at radius 3 is 2.71 bits per heavy atom. The Morgan fingerprint density at radius 1 is 1.29 bits per heavy atom. The van der Waals surface area contributed by atoms with Crippen molar-refractivity contribution in [3.8, 4) is 23.2 Å². The van der Waals surface area contributed by atoms with E-state index >= 15 is 0 Å². The van der Waals surface area contributed by atoms with E-state index in [0.717, 1.165) is 19.3 Å². The van der Waals surface area contributed by atoms with Gasteiger partial charge in [0, 0.05) is 12.1 Å². The van der Waals surface area contributed by atoms with Crippen molar-refractivity contribution in [2.75, 3.05) is 12.3 Å². The van der Waals surface area contributed by atoms with Crippen LogP contribution in [0.2, 0.25) is 0 Å². The largest absolute Gasteiger partial charge is 0.382 e. The number of hydrogen-bond acceptors (Lipinski definition) is 6. The van der Waals surface area contributed by atoms with Crippen LogP contribution >= 0.6 is 12.4 Å². The Kier molecular flexibility index (Phi) is 7.75. The van der Waals surface area contributed by atoms with Crippen molar-refractivity contribution in [3.63, 3.8) is 0 Å². The highest BCUT2D eigenvalue weighted by molar-refractivity contribution is 5.89. The second kappa shape index (κ2) is 10.4. The molecule has 1 aromatic carbocycles. The van der Waals surface area contributed by atoms with E-state index in [-0.39, 0.29) is 30.0 Å². The van der Waals surface area contributed by atoms with Gasteiger partial charge in [0.1, 0.15) is 23.3 Å². The van der Waals surface area contributed by atoms with Crippen LogP contribution in [0.3, 0.4) is 0 Å². The molecular weight excluding hydrogens is 459 g/mol. The van der Waals surface area contributed by atoms with E-state index in [2.05, 4.69) is 32.1 Å². The molecule has 4 N–H and O–H groups in total. The smallest absolute Gasteiger partial charge is 0.242 e. The fourth-order valence-corrected chi connectivity index (χ4v) is 4.12. The number of amides is 1. The molecule has 4 rings (SSSR count). The Hall–Kier alpha value is -3.22. The maximum Gasteiger partial charge on any atom is 0.242 e. The van der Waals surface area contributed by atoms with Crippen LogP contribution in [-0.4, -0.2) is 42.7 Å². The van der Waals surface area contributed by atoms with Gasteiger partial charge >= 0.3 is 0 Å². The van der Waals surface area contributed by atoms with Crippen LogP contribution in [0.15, 0.2) is 24.3 Å². The maximum atomic E-state index is 14.0. The van der Waals surface area contributed by atoms with E-state index in [1.807, 2.05) is 6.92 Å². The second-order valence-electron chi connectivity index (χ2n) is 8.33. The van der Waals surface area contributed by atoms with Gasteiger partial charge in [-0.2, -0.15) is 0 Å². The summed E-state index contributed by atoms with van der Waals surface area (Å²) in [5, 5.41) is 13.5. The molecule has 1 amide bonds. The first-order chi connectivity index (χ1) is 15.8. The van der Waals surface area contributed by atoms with Crippen LogP contribution in [0.1, 0.15) is 57.8 Å². The third kappa shape index (κ3) is 5.13. The standard InChI is InChI=1S/C24H27FN6O2.ClH/c1-3-27-23(32)15(2)31-21(16-8-7-9-17(25)14-16)30-19-20(26)28-18(29-22(19)31)10-13-24(33)11-5-4-6-12-24;/h7-9,14-15,33H,3-6,11-12H2,1-2H3,(H,27,32)(H2,26,28,29);1H. The molecule has 1 aliphatic carbocycles. The lowest BCUT2D eigenvalue weighted by molar-refractivity contribution is -0.123. The number of nitrogen functional groups attached to an aromatic ring is 1. The van der Waals surface area contributed by atoms with Crippen molar-refractivity contribution >= 4 is 35.3 Å². The number of aliphatic hydroxyl groups is 1. The number of nitrogens with two attached hydrogens (primary N) is 1. The van der Waals surface area contributed by atoms with Gasteiger partial charge in [0.2, 0.25) is 11.7 Å². The lowest BCUT2D eigenvalue weighted by Crippen LogP contribution is -2.31. The Labute approximate surface area is 203 Å². The number of fused-ring (bicyclic) bond motifs is 1. The summed E-state index contributed by atoms with van der Waals surface area (Å²) in [7, 11) is 0. The van der Waals surface area contributed by atoms with Crippen molar-refractivity contribution < 1.29 is 14.3 Å². The Morgan fingerprint density at radius 2 is 2.03 bits per heavy atom. The number of nitrogens with zero attached hydrogens (tertiary/aromatic N) is 4. The summed E-state index contributed by atoms with van der Waals surface area (Å²) in [6.07, 6.45) is 4.13. The van der Waals surface area contributed by atoms with Crippen LogP contribution < -0.4 is 11.1 Å². The van der Waals surface area contributed by atoms with Crippen molar-refractivity contribution in [3.05, 3.63) is 35.9 Å². The molecule has 1 saturated carbocycles. The zero-order chi connectivity index (χ0) is 23.6. The molecule has 1 fully saturated rings. The van der Waals surface area contributed by atoms with Crippen LogP contribution in [-0.2, 0) is 4.79 Å². The van der Waals surface area contributed by atoms with Gasteiger partial charge in [-0.05, 0) is 57.6 Å². The molecule has 10 heteroatoms. The number of rotatable bonds is 4. The molecule has 1 aliphatic rings. The van der Waals surface area contributed by atoms with Crippen molar-refractivity contribution in [2.45, 2.75) is 57.6 Å². The number of nitrogens with one attached hydrogen (secondary N) is 1. The summed E-state index contributed by atoms with van der Waals surface area (Å²) < 4.78 is 15.6. The number of likely N-dealkylation sites (N-methyl/N-ethyl adjacent to an activating group) is 1. The molecule has 0 bridgehead atoms. The summed E-state index contributed by atoms with van der Waals surface area (Å²) in [6, 6.07) is 5.24. The SMILES string of the molecule is CCNC(=O)C(C)n1c(-c2cccc(F)c2)nc2c(N)nc(C#CC3(O)CCCCC3)nc21.Cl. The maximum absolute atomic E-state index is 14.0.